The maximum absolute atomic E-state index is 13.0. The van der Waals surface area contributed by atoms with Gasteiger partial charge in [0.25, 0.3) is 0 Å². The summed E-state index contributed by atoms with van der Waals surface area (Å²) in [5.41, 5.74) is 2.21. The number of ether oxygens (including phenoxy) is 2. The van der Waals surface area contributed by atoms with Crippen molar-refractivity contribution >= 4 is 23.4 Å². The topological polar surface area (TPSA) is 57.5 Å². The Hall–Kier alpha value is -2.27. The number of halogens is 1. The lowest BCUT2D eigenvalue weighted by atomic mass is 10.0. The minimum Gasteiger partial charge on any atom is -0.481 e. The lowest BCUT2D eigenvalue weighted by molar-refractivity contribution is 0.0587. The number of methoxy groups -OCH3 is 1. The number of Topliss-reactive ketones (excluding diaryl/α,β-unsaturated/α-hetero) is 1. The second-order valence-electron chi connectivity index (χ2n) is 5.72. The van der Waals surface area contributed by atoms with E-state index in [0.717, 1.165) is 5.69 Å². The molecule has 1 aromatic heterocycles. The fraction of sp³-hybridized carbons (Fsp3) is 0.368. The van der Waals surface area contributed by atoms with Crippen molar-refractivity contribution in [3.8, 4) is 5.75 Å². The normalized spacial score (nSPS) is 11.9. The second kappa shape index (κ2) is 7.74. The van der Waals surface area contributed by atoms with Crippen LogP contribution in [0.25, 0.3) is 0 Å². The van der Waals surface area contributed by atoms with E-state index in [2.05, 4.69) is 0 Å². The van der Waals surface area contributed by atoms with Crippen molar-refractivity contribution in [2.75, 3.05) is 7.11 Å². The standard InChI is InChI=1S/C19H22ClNO4/c1-6-21-12(3)16(11(2)17(21)19(23)24-5)18(22)13(4)25-15-10-8-7-9-14(15)20/h7-10,13H,6H2,1-5H3/t13-/m1/s1. The van der Waals surface area contributed by atoms with Crippen LogP contribution < -0.4 is 4.74 Å². The van der Waals surface area contributed by atoms with Crippen LogP contribution >= 0.6 is 11.6 Å². The first kappa shape index (κ1) is 19.1. The predicted octanol–water partition coefficient (Wildman–Crippen LogP) is 4.22. The summed E-state index contributed by atoms with van der Waals surface area (Å²) in [4.78, 5) is 25.1. The Balaban J connectivity index is 2.40. The number of nitrogens with zero attached hydrogens (tertiary/aromatic N) is 1. The Bertz CT molecular complexity index is 810. The van der Waals surface area contributed by atoms with Crippen LogP contribution in [-0.4, -0.2) is 29.5 Å². The van der Waals surface area contributed by atoms with Gasteiger partial charge in [0.1, 0.15) is 11.4 Å². The van der Waals surface area contributed by atoms with E-state index in [9.17, 15) is 9.59 Å². The lowest BCUT2D eigenvalue weighted by Crippen LogP contribution is -2.25. The second-order valence-corrected chi connectivity index (χ2v) is 6.13. The van der Waals surface area contributed by atoms with E-state index in [4.69, 9.17) is 21.1 Å². The van der Waals surface area contributed by atoms with Gasteiger partial charge < -0.3 is 14.0 Å². The zero-order chi connectivity index (χ0) is 18.7. The van der Waals surface area contributed by atoms with Crippen molar-refractivity contribution in [1.29, 1.82) is 0 Å². The van der Waals surface area contributed by atoms with Crippen molar-refractivity contribution in [3.63, 3.8) is 0 Å². The summed E-state index contributed by atoms with van der Waals surface area (Å²) in [7, 11) is 1.33. The van der Waals surface area contributed by atoms with Gasteiger partial charge in [0, 0.05) is 17.8 Å². The molecule has 0 radical (unpaired) electrons. The molecule has 0 amide bonds. The fourth-order valence-electron chi connectivity index (χ4n) is 3.00. The lowest BCUT2D eigenvalue weighted by Gasteiger charge is -2.15. The number of rotatable bonds is 6. The van der Waals surface area contributed by atoms with Gasteiger partial charge in [-0.15, -0.1) is 0 Å². The van der Waals surface area contributed by atoms with Gasteiger partial charge in [0.15, 0.2) is 6.10 Å². The molecule has 0 aliphatic heterocycles. The highest BCUT2D eigenvalue weighted by atomic mass is 35.5. The van der Waals surface area contributed by atoms with Crippen LogP contribution in [0.1, 0.15) is 46.0 Å². The highest BCUT2D eigenvalue weighted by molar-refractivity contribution is 6.32. The molecule has 0 unspecified atom stereocenters. The van der Waals surface area contributed by atoms with Crippen molar-refractivity contribution in [2.24, 2.45) is 0 Å². The van der Waals surface area contributed by atoms with Gasteiger partial charge in [-0.05, 0) is 45.4 Å². The van der Waals surface area contributed by atoms with Crippen molar-refractivity contribution in [1.82, 2.24) is 4.57 Å². The number of benzene rings is 1. The molecule has 0 aliphatic carbocycles. The molecule has 1 aromatic carbocycles. The Morgan fingerprint density at radius 1 is 1.24 bits per heavy atom. The number of aromatic nitrogens is 1. The Morgan fingerprint density at radius 2 is 1.88 bits per heavy atom. The third-order valence-electron chi connectivity index (χ3n) is 4.22. The molecule has 1 atom stereocenters. The molecule has 2 aromatic rings. The first-order chi connectivity index (χ1) is 11.8. The number of hydrogen-bond donors (Lipinski definition) is 0. The third-order valence-corrected chi connectivity index (χ3v) is 4.53. The van der Waals surface area contributed by atoms with E-state index < -0.39 is 12.1 Å². The summed E-state index contributed by atoms with van der Waals surface area (Å²) in [6.07, 6.45) is -0.740. The molecule has 0 spiro atoms. The third kappa shape index (κ3) is 3.56. The summed E-state index contributed by atoms with van der Waals surface area (Å²) in [5.74, 6) is -0.211. The van der Waals surface area contributed by atoms with Crippen molar-refractivity contribution in [3.05, 3.63) is 51.8 Å². The minimum atomic E-state index is -0.740. The van der Waals surface area contributed by atoms with Gasteiger partial charge in [-0.2, -0.15) is 0 Å². The smallest absolute Gasteiger partial charge is 0.354 e. The van der Waals surface area contributed by atoms with Crippen LogP contribution in [0.15, 0.2) is 24.3 Å². The summed E-state index contributed by atoms with van der Waals surface area (Å²) in [6, 6.07) is 6.99. The van der Waals surface area contributed by atoms with Gasteiger partial charge in [-0.25, -0.2) is 4.79 Å². The van der Waals surface area contributed by atoms with Crippen LogP contribution in [-0.2, 0) is 11.3 Å². The summed E-state index contributed by atoms with van der Waals surface area (Å²) >= 11 is 6.09. The Kier molecular flexibility index (Phi) is 5.90. The molecule has 5 nitrogen and oxygen atoms in total. The monoisotopic (exact) mass is 363 g/mol. The predicted molar refractivity (Wildman–Crippen MR) is 96.8 cm³/mol. The molecular formula is C19H22ClNO4. The molecule has 0 saturated heterocycles. The van der Waals surface area contributed by atoms with Crippen LogP contribution in [0.2, 0.25) is 5.02 Å². The van der Waals surface area contributed by atoms with Gasteiger partial charge in [0.2, 0.25) is 5.78 Å². The maximum Gasteiger partial charge on any atom is 0.354 e. The van der Waals surface area contributed by atoms with Gasteiger partial charge in [-0.3, -0.25) is 4.79 Å². The molecule has 0 aliphatic rings. The van der Waals surface area contributed by atoms with Gasteiger partial charge >= 0.3 is 5.97 Å². The molecule has 134 valence electrons. The van der Waals surface area contributed by atoms with Crippen LogP contribution in [0.4, 0.5) is 0 Å². The zero-order valence-corrected chi connectivity index (χ0v) is 15.8. The average molecular weight is 364 g/mol. The molecule has 25 heavy (non-hydrogen) atoms. The number of carbonyl (C=O) groups is 2. The highest BCUT2D eigenvalue weighted by Gasteiger charge is 2.29. The van der Waals surface area contributed by atoms with Crippen LogP contribution in [0, 0.1) is 13.8 Å². The summed E-state index contributed by atoms with van der Waals surface area (Å²) in [5, 5.41) is 0.442. The van der Waals surface area contributed by atoms with E-state index in [-0.39, 0.29) is 5.78 Å². The highest BCUT2D eigenvalue weighted by Crippen LogP contribution is 2.28. The number of ketones is 1. The SMILES string of the molecule is CCn1c(C)c(C(=O)[C@@H](C)Oc2ccccc2Cl)c(C)c1C(=O)OC. The first-order valence-corrected chi connectivity index (χ1v) is 8.44. The zero-order valence-electron chi connectivity index (χ0n) is 15.1. The molecule has 0 bridgehead atoms. The molecule has 1 heterocycles. The quantitative estimate of drug-likeness (QED) is 0.569. The Labute approximate surface area is 152 Å². The number of carbonyl (C=O) groups excluding carboxylic acids is 2. The van der Waals surface area contributed by atoms with Crippen molar-refractivity contribution < 1.29 is 19.1 Å². The maximum atomic E-state index is 13.0. The number of esters is 1. The molecule has 6 heteroatoms. The summed E-state index contributed by atoms with van der Waals surface area (Å²) < 4.78 is 12.4. The van der Waals surface area contributed by atoms with E-state index in [0.29, 0.717) is 34.1 Å². The molecular weight excluding hydrogens is 342 g/mol. The molecule has 2 rings (SSSR count). The fourth-order valence-corrected chi connectivity index (χ4v) is 3.18. The number of hydrogen-bond acceptors (Lipinski definition) is 4. The van der Waals surface area contributed by atoms with E-state index in [1.807, 2.05) is 13.8 Å². The van der Waals surface area contributed by atoms with Crippen LogP contribution in [0.5, 0.6) is 5.75 Å². The molecule has 0 saturated carbocycles. The Morgan fingerprint density at radius 3 is 2.44 bits per heavy atom. The largest absolute Gasteiger partial charge is 0.481 e. The van der Waals surface area contributed by atoms with Crippen LogP contribution in [0.3, 0.4) is 0 Å². The first-order valence-electron chi connectivity index (χ1n) is 8.06. The van der Waals surface area contributed by atoms with Gasteiger partial charge in [-0.1, -0.05) is 23.7 Å². The molecule has 0 N–H and O–H groups in total. The molecule has 0 fully saturated rings. The average Bonchev–Trinajstić information content (AvgIpc) is 2.85. The van der Waals surface area contributed by atoms with E-state index in [1.165, 1.54) is 7.11 Å². The van der Waals surface area contributed by atoms with Gasteiger partial charge in [0.05, 0.1) is 12.1 Å². The van der Waals surface area contributed by atoms with E-state index >= 15 is 0 Å². The minimum absolute atomic E-state index is 0.202. The van der Waals surface area contributed by atoms with Crippen molar-refractivity contribution in [2.45, 2.75) is 40.3 Å². The number of para-hydroxylation sites is 1. The summed E-state index contributed by atoms with van der Waals surface area (Å²) in [6.45, 7) is 7.71. The van der Waals surface area contributed by atoms with E-state index in [1.54, 1.807) is 42.7 Å².